The number of nitrogens with zero attached hydrogens (tertiary/aromatic N) is 6. The highest BCUT2D eigenvalue weighted by Gasteiger charge is 2.27. The minimum atomic E-state index is -0.394. The van der Waals surface area contributed by atoms with Crippen LogP contribution in [0.1, 0.15) is 48.5 Å². The van der Waals surface area contributed by atoms with E-state index in [0.29, 0.717) is 24.6 Å². The van der Waals surface area contributed by atoms with Crippen molar-refractivity contribution in [1.82, 2.24) is 29.9 Å². The van der Waals surface area contributed by atoms with Gasteiger partial charge in [-0.05, 0) is 71.0 Å². The molecule has 0 unspecified atom stereocenters. The average molecular weight is 479 g/mol. The number of hydrogen-bond donors (Lipinski definition) is 0. The molecule has 182 valence electrons. The number of aromatic nitrogens is 5. The molecule has 1 aliphatic rings. The van der Waals surface area contributed by atoms with Gasteiger partial charge in [0.1, 0.15) is 22.8 Å². The first-order chi connectivity index (χ1) is 16.9. The molecule has 1 saturated heterocycles. The van der Waals surface area contributed by atoms with Crippen molar-refractivity contribution in [3.63, 3.8) is 0 Å². The molecule has 4 aromatic rings. The predicted molar refractivity (Wildman–Crippen MR) is 129 cm³/mol. The van der Waals surface area contributed by atoms with Crippen molar-refractivity contribution in [2.45, 2.75) is 46.1 Å². The highest BCUT2D eigenvalue weighted by molar-refractivity contribution is 5.86. The zero-order chi connectivity index (χ0) is 24.5. The summed E-state index contributed by atoms with van der Waals surface area (Å²) in [7, 11) is 0. The molecule has 3 aromatic heterocycles. The van der Waals surface area contributed by atoms with Gasteiger partial charge in [-0.1, -0.05) is 0 Å². The van der Waals surface area contributed by atoms with E-state index in [-0.39, 0.29) is 11.7 Å². The summed E-state index contributed by atoms with van der Waals surface area (Å²) in [6.07, 6.45) is 3.06. The maximum Gasteiger partial charge on any atom is 0.152 e. The van der Waals surface area contributed by atoms with Crippen LogP contribution in [0.2, 0.25) is 0 Å². The van der Waals surface area contributed by atoms with E-state index in [1.54, 1.807) is 22.9 Å². The van der Waals surface area contributed by atoms with Crippen LogP contribution >= 0.6 is 0 Å². The number of rotatable bonds is 6. The fourth-order valence-corrected chi connectivity index (χ4v) is 4.86. The molecule has 5 rings (SSSR count). The summed E-state index contributed by atoms with van der Waals surface area (Å²) in [5.41, 5.74) is 4.47. The number of likely N-dealkylation sites (tertiary alicyclic amines) is 1. The Hall–Kier alpha value is -3.46. The van der Waals surface area contributed by atoms with Crippen molar-refractivity contribution in [1.29, 1.82) is 0 Å². The molecule has 7 nitrogen and oxygen atoms in total. The molecule has 4 heterocycles. The molecule has 1 fully saturated rings. The Morgan fingerprint density at radius 1 is 1.06 bits per heavy atom. The zero-order valence-corrected chi connectivity index (χ0v) is 20.1. The first-order valence-corrected chi connectivity index (χ1v) is 11.9. The molecule has 1 aromatic carbocycles. The van der Waals surface area contributed by atoms with Crippen LogP contribution in [0.5, 0.6) is 5.75 Å². The molecule has 35 heavy (non-hydrogen) atoms. The maximum atomic E-state index is 15.0. The molecule has 0 spiro atoms. The molecule has 0 amide bonds. The normalized spacial score (nSPS) is 15.1. The molecular formula is C26H28F2N6O. The summed E-state index contributed by atoms with van der Waals surface area (Å²) >= 11 is 0. The highest BCUT2D eigenvalue weighted by atomic mass is 19.1. The molecule has 0 bridgehead atoms. The van der Waals surface area contributed by atoms with Gasteiger partial charge in [-0.3, -0.25) is 9.88 Å². The number of halogens is 2. The van der Waals surface area contributed by atoms with Crippen LogP contribution < -0.4 is 4.74 Å². The SMILES string of the molecule is CCOc1ccc(-n2nc3c(C4CCN(Cc5ccc(F)cn5)CC4)nnc(C)c3c2C)c(F)c1. The van der Waals surface area contributed by atoms with E-state index >= 15 is 0 Å². The first kappa shape index (κ1) is 23.3. The van der Waals surface area contributed by atoms with Gasteiger partial charge in [-0.25, -0.2) is 13.5 Å². The predicted octanol–water partition coefficient (Wildman–Crippen LogP) is 4.88. The Balaban J connectivity index is 1.41. The van der Waals surface area contributed by atoms with E-state index in [1.807, 2.05) is 20.8 Å². The fourth-order valence-electron chi connectivity index (χ4n) is 4.86. The molecule has 0 radical (unpaired) electrons. The summed E-state index contributed by atoms with van der Waals surface area (Å²) in [5, 5.41) is 14.7. The summed E-state index contributed by atoms with van der Waals surface area (Å²) in [4.78, 5) is 6.49. The Labute approximate surface area is 202 Å². The molecular weight excluding hydrogens is 450 g/mol. The van der Waals surface area contributed by atoms with E-state index in [0.717, 1.165) is 59.6 Å². The van der Waals surface area contributed by atoms with Gasteiger partial charge < -0.3 is 4.74 Å². The van der Waals surface area contributed by atoms with Gasteiger partial charge >= 0.3 is 0 Å². The second kappa shape index (κ2) is 9.65. The van der Waals surface area contributed by atoms with Gasteiger partial charge in [-0.15, -0.1) is 0 Å². The number of aryl methyl sites for hydroxylation is 2. The van der Waals surface area contributed by atoms with Crippen LogP contribution in [0.15, 0.2) is 36.5 Å². The molecule has 0 N–H and O–H groups in total. The number of hydrogen-bond acceptors (Lipinski definition) is 6. The van der Waals surface area contributed by atoms with Crippen LogP contribution in [-0.4, -0.2) is 49.6 Å². The Kier molecular flexibility index (Phi) is 6.42. The Bertz CT molecular complexity index is 1350. The molecule has 1 aliphatic heterocycles. The third-order valence-electron chi connectivity index (χ3n) is 6.64. The van der Waals surface area contributed by atoms with Gasteiger partial charge in [0.2, 0.25) is 0 Å². The van der Waals surface area contributed by atoms with Gasteiger partial charge in [0.05, 0.1) is 35.6 Å². The Morgan fingerprint density at radius 2 is 1.86 bits per heavy atom. The quantitative estimate of drug-likeness (QED) is 0.393. The number of pyridine rings is 1. The summed E-state index contributed by atoms with van der Waals surface area (Å²) < 4.78 is 35.2. The molecule has 9 heteroatoms. The van der Waals surface area contributed by atoms with E-state index in [2.05, 4.69) is 20.1 Å². The van der Waals surface area contributed by atoms with E-state index in [1.165, 1.54) is 18.3 Å². The first-order valence-electron chi connectivity index (χ1n) is 11.9. The fraction of sp³-hybridized carbons (Fsp3) is 0.385. The third kappa shape index (κ3) is 4.60. The molecule has 0 aliphatic carbocycles. The van der Waals surface area contributed by atoms with Gasteiger partial charge in [0.15, 0.2) is 5.82 Å². The van der Waals surface area contributed by atoms with Crippen molar-refractivity contribution in [2.75, 3.05) is 19.7 Å². The maximum absolute atomic E-state index is 15.0. The van der Waals surface area contributed by atoms with Crippen molar-refractivity contribution in [3.8, 4) is 11.4 Å². The average Bonchev–Trinajstić information content (AvgIpc) is 3.19. The van der Waals surface area contributed by atoms with Crippen LogP contribution in [0, 0.1) is 25.5 Å². The topological polar surface area (TPSA) is 69.0 Å². The molecule has 0 atom stereocenters. The lowest BCUT2D eigenvalue weighted by atomic mass is 9.92. The summed E-state index contributed by atoms with van der Waals surface area (Å²) in [6, 6.07) is 8.01. The van der Waals surface area contributed by atoms with Crippen molar-refractivity contribution in [2.24, 2.45) is 0 Å². The van der Waals surface area contributed by atoms with Crippen LogP contribution in [-0.2, 0) is 6.54 Å². The largest absolute Gasteiger partial charge is 0.494 e. The van der Waals surface area contributed by atoms with Gasteiger partial charge in [-0.2, -0.15) is 15.3 Å². The number of piperidine rings is 1. The summed E-state index contributed by atoms with van der Waals surface area (Å²) in [5.74, 6) is -0.0224. The van der Waals surface area contributed by atoms with Crippen LogP contribution in [0.4, 0.5) is 8.78 Å². The smallest absolute Gasteiger partial charge is 0.152 e. The second-order valence-electron chi connectivity index (χ2n) is 8.96. The highest BCUT2D eigenvalue weighted by Crippen LogP contribution is 2.34. The third-order valence-corrected chi connectivity index (χ3v) is 6.64. The standard InChI is InChI=1S/C26H28F2N6O/c1-4-35-21-7-8-23(22(28)13-21)34-17(3)24-16(2)30-31-25(26(24)32-34)18-9-11-33(12-10-18)15-20-6-5-19(27)14-29-20/h5-8,13-14,18H,4,9-12,15H2,1-3H3. The van der Waals surface area contributed by atoms with Crippen LogP contribution in [0.3, 0.4) is 0 Å². The number of ether oxygens (including phenoxy) is 1. The van der Waals surface area contributed by atoms with Gasteiger partial charge in [0.25, 0.3) is 0 Å². The Morgan fingerprint density at radius 3 is 2.54 bits per heavy atom. The monoisotopic (exact) mass is 478 g/mol. The van der Waals surface area contributed by atoms with Crippen LogP contribution in [0.25, 0.3) is 16.6 Å². The van der Waals surface area contributed by atoms with E-state index in [4.69, 9.17) is 9.84 Å². The van der Waals surface area contributed by atoms with Crippen molar-refractivity contribution < 1.29 is 13.5 Å². The van der Waals surface area contributed by atoms with Gasteiger partial charge in [0, 0.05) is 23.9 Å². The van der Waals surface area contributed by atoms with Crippen molar-refractivity contribution >= 4 is 10.9 Å². The number of benzene rings is 1. The van der Waals surface area contributed by atoms with E-state index < -0.39 is 5.82 Å². The lowest BCUT2D eigenvalue weighted by molar-refractivity contribution is 0.201. The van der Waals surface area contributed by atoms with E-state index in [9.17, 15) is 8.78 Å². The number of fused-ring (bicyclic) bond motifs is 1. The molecule has 0 saturated carbocycles. The minimum Gasteiger partial charge on any atom is -0.494 e. The second-order valence-corrected chi connectivity index (χ2v) is 8.96. The lowest BCUT2D eigenvalue weighted by Gasteiger charge is -2.31. The lowest BCUT2D eigenvalue weighted by Crippen LogP contribution is -2.33. The van der Waals surface area contributed by atoms with Crippen molar-refractivity contribution in [3.05, 3.63) is 70.9 Å². The minimum absolute atomic E-state index is 0.205. The summed E-state index contributed by atoms with van der Waals surface area (Å²) in [6.45, 7) is 8.61. The zero-order valence-electron chi connectivity index (χ0n) is 20.1.